The molecule has 410 valence electrons. The Balaban J connectivity index is 3.39. The van der Waals surface area contributed by atoms with Gasteiger partial charge in [0.05, 0.1) is 18.8 Å². The van der Waals surface area contributed by atoms with Crippen molar-refractivity contribution in [1.82, 2.24) is 5.32 Å². The summed E-state index contributed by atoms with van der Waals surface area (Å²) in [5.41, 5.74) is 0. The number of aliphatic hydroxyl groups is 2. The van der Waals surface area contributed by atoms with E-state index in [2.05, 4.69) is 43.5 Å². The monoisotopic (exact) mass is 970 g/mol. The van der Waals surface area contributed by atoms with Gasteiger partial charge in [-0.15, -0.1) is 0 Å². The lowest BCUT2D eigenvalue weighted by atomic mass is 10.0. The molecule has 3 N–H and O–H groups in total. The molecule has 0 aliphatic heterocycles. The number of nitrogens with one attached hydrogen (secondary N) is 1. The van der Waals surface area contributed by atoms with E-state index in [1.54, 1.807) is 0 Å². The number of carbonyl (C=O) groups is 1. The number of allylic oxidation sites excluding steroid dienone is 4. The van der Waals surface area contributed by atoms with Gasteiger partial charge in [0, 0.05) is 6.42 Å². The number of aliphatic hydroxyl groups excluding tert-OH is 2. The van der Waals surface area contributed by atoms with Crippen LogP contribution in [0.5, 0.6) is 0 Å². The average molecular weight is 971 g/mol. The van der Waals surface area contributed by atoms with Crippen molar-refractivity contribution in [3.05, 3.63) is 24.3 Å². The minimum atomic E-state index is -0.658. The largest absolute Gasteiger partial charge is 0.394 e. The summed E-state index contributed by atoms with van der Waals surface area (Å²) in [6.45, 7) is 4.40. The highest BCUT2D eigenvalue weighted by Crippen LogP contribution is 2.19. The van der Waals surface area contributed by atoms with Gasteiger partial charge in [-0.2, -0.15) is 0 Å². The third-order valence-corrected chi connectivity index (χ3v) is 15.2. The fourth-order valence-corrected chi connectivity index (χ4v) is 10.3. The van der Waals surface area contributed by atoms with Crippen LogP contribution in [0.3, 0.4) is 0 Å². The molecule has 4 heteroatoms. The minimum Gasteiger partial charge on any atom is -0.394 e. The number of amides is 1. The van der Waals surface area contributed by atoms with Gasteiger partial charge in [-0.25, -0.2) is 0 Å². The van der Waals surface area contributed by atoms with Crippen LogP contribution in [-0.4, -0.2) is 34.9 Å². The standard InChI is InChI=1S/C65H127NO3/c1-3-5-7-9-11-13-15-17-19-21-23-25-26-27-28-29-30-31-32-33-34-35-36-37-38-39-40-41-43-45-47-49-51-53-55-57-59-61-65(69)66-63(62-67)64(68)60-58-56-54-52-50-48-46-44-42-24-22-20-18-16-14-12-10-8-6-4-2/h28-29,31-32,63-64,67-68H,3-27,30,33-62H2,1-2H3,(H,66,69)/b29-28-,32-31-. The number of hydrogen-bond acceptors (Lipinski definition) is 3. The van der Waals surface area contributed by atoms with Crippen LogP contribution in [0.15, 0.2) is 24.3 Å². The van der Waals surface area contributed by atoms with E-state index in [-0.39, 0.29) is 12.5 Å². The lowest BCUT2D eigenvalue weighted by Crippen LogP contribution is -2.45. The Kier molecular flexibility index (Phi) is 60.2. The van der Waals surface area contributed by atoms with Crippen LogP contribution >= 0.6 is 0 Å². The smallest absolute Gasteiger partial charge is 0.220 e. The Morgan fingerprint density at radius 3 is 0.870 bits per heavy atom. The molecule has 0 saturated heterocycles. The molecule has 1 amide bonds. The second kappa shape index (κ2) is 61.2. The second-order valence-electron chi connectivity index (χ2n) is 22.2. The van der Waals surface area contributed by atoms with Crippen LogP contribution < -0.4 is 5.32 Å². The van der Waals surface area contributed by atoms with Gasteiger partial charge in [-0.1, -0.05) is 340 Å². The molecular weight excluding hydrogens is 843 g/mol. The number of unbranched alkanes of at least 4 members (excludes halogenated alkanes) is 49. The van der Waals surface area contributed by atoms with Gasteiger partial charge in [0.2, 0.25) is 5.91 Å². The number of rotatable bonds is 60. The fraction of sp³-hybridized carbons (Fsp3) is 0.923. The molecule has 4 nitrogen and oxygen atoms in total. The van der Waals surface area contributed by atoms with E-state index in [1.807, 2.05) is 0 Å². The maximum Gasteiger partial charge on any atom is 0.220 e. The van der Waals surface area contributed by atoms with Crippen LogP contribution in [0.2, 0.25) is 0 Å². The summed E-state index contributed by atoms with van der Waals surface area (Å²) >= 11 is 0. The summed E-state index contributed by atoms with van der Waals surface area (Å²) < 4.78 is 0. The first kappa shape index (κ1) is 67.9. The van der Waals surface area contributed by atoms with Gasteiger partial charge in [0.15, 0.2) is 0 Å². The first-order chi connectivity index (χ1) is 34.2. The third kappa shape index (κ3) is 57.6. The highest BCUT2D eigenvalue weighted by Gasteiger charge is 2.20. The highest BCUT2D eigenvalue weighted by molar-refractivity contribution is 5.76. The molecule has 0 aliphatic rings. The van der Waals surface area contributed by atoms with Crippen molar-refractivity contribution in [2.45, 2.75) is 379 Å². The minimum absolute atomic E-state index is 0.0243. The van der Waals surface area contributed by atoms with Crippen LogP contribution in [0.4, 0.5) is 0 Å². The Labute approximate surface area is 434 Å². The Morgan fingerprint density at radius 1 is 0.348 bits per heavy atom. The zero-order valence-electron chi connectivity index (χ0n) is 47.4. The molecule has 0 aromatic heterocycles. The number of carbonyl (C=O) groups excluding carboxylic acids is 1. The molecule has 0 bridgehead atoms. The summed E-state index contributed by atoms with van der Waals surface area (Å²) in [4.78, 5) is 12.5. The van der Waals surface area contributed by atoms with Gasteiger partial charge in [-0.05, 0) is 44.9 Å². The average Bonchev–Trinajstić information content (AvgIpc) is 3.35. The Hall–Kier alpha value is -1.13. The lowest BCUT2D eigenvalue weighted by molar-refractivity contribution is -0.123. The van der Waals surface area contributed by atoms with Crippen molar-refractivity contribution in [1.29, 1.82) is 0 Å². The molecule has 0 rings (SSSR count). The molecular formula is C65H127NO3. The van der Waals surface area contributed by atoms with Gasteiger partial charge in [-0.3, -0.25) is 4.79 Å². The van der Waals surface area contributed by atoms with E-state index < -0.39 is 12.1 Å². The third-order valence-electron chi connectivity index (χ3n) is 15.2. The maximum atomic E-state index is 12.5. The lowest BCUT2D eigenvalue weighted by Gasteiger charge is -2.22. The molecule has 69 heavy (non-hydrogen) atoms. The molecule has 0 radical (unpaired) electrons. The Morgan fingerprint density at radius 2 is 0.594 bits per heavy atom. The zero-order valence-corrected chi connectivity index (χ0v) is 47.4. The molecule has 2 unspecified atom stereocenters. The fourth-order valence-electron chi connectivity index (χ4n) is 10.3. The SMILES string of the molecule is CCCCCCCCCCCCCCC/C=C\C/C=C\CCCCCCCCCCCCCCCCCCCC(=O)NC(CO)C(O)CCCCCCCCCCCCCCCCCCCCCC. The van der Waals surface area contributed by atoms with E-state index in [4.69, 9.17) is 0 Å². The van der Waals surface area contributed by atoms with Crippen LogP contribution in [0, 0.1) is 0 Å². The van der Waals surface area contributed by atoms with Gasteiger partial charge >= 0.3 is 0 Å². The molecule has 2 atom stereocenters. The van der Waals surface area contributed by atoms with Crippen molar-refractivity contribution < 1.29 is 15.0 Å². The quantitative estimate of drug-likeness (QED) is 0.0420. The van der Waals surface area contributed by atoms with E-state index in [9.17, 15) is 15.0 Å². The second-order valence-corrected chi connectivity index (χ2v) is 22.2. The maximum absolute atomic E-state index is 12.5. The van der Waals surface area contributed by atoms with Gasteiger partial charge in [0.25, 0.3) is 0 Å². The summed E-state index contributed by atoms with van der Waals surface area (Å²) in [6.07, 6.45) is 82.1. The molecule has 0 saturated carbocycles. The van der Waals surface area contributed by atoms with Crippen LogP contribution in [0.25, 0.3) is 0 Å². The predicted molar refractivity (Wildman–Crippen MR) is 309 cm³/mol. The van der Waals surface area contributed by atoms with Gasteiger partial charge in [0.1, 0.15) is 0 Å². The van der Waals surface area contributed by atoms with E-state index in [0.29, 0.717) is 12.8 Å². The van der Waals surface area contributed by atoms with E-state index in [1.165, 1.54) is 308 Å². The summed E-state index contributed by atoms with van der Waals surface area (Å²) in [6, 6.07) is -0.535. The molecule has 0 spiro atoms. The first-order valence-corrected chi connectivity index (χ1v) is 32.0. The normalized spacial score (nSPS) is 12.8. The first-order valence-electron chi connectivity index (χ1n) is 32.0. The van der Waals surface area contributed by atoms with Crippen molar-refractivity contribution in [3.8, 4) is 0 Å². The molecule has 0 aromatic rings. The Bertz CT molecular complexity index is 1010. The molecule has 0 heterocycles. The van der Waals surface area contributed by atoms with E-state index in [0.717, 1.165) is 32.1 Å². The molecule has 0 aliphatic carbocycles. The topological polar surface area (TPSA) is 69.6 Å². The molecule has 0 fully saturated rings. The van der Waals surface area contributed by atoms with Crippen molar-refractivity contribution in [2.24, 2.45) is 0 Å². The molecule has 0 aromatic carbocycles. The number of hydrogen-bond donors (Lipinski definition) is 3. The van der Waals surface area contributed by atoms with Crippen molar-refractivity contribution >= 4 is 5.91 Å². The van der Waals surface area contributed by atoms with Crippen molar-refractivity contribution in [3.63, 3.8) is 0 Å². The summed E-state index contributed by atoms with van der Waals surface area (Å²) in [7, 11) is 0. The zero-order chi connectivity index (χ0) is 49.9. The van der Waals surface area contributed by atoms with Gasteiger partial charge < -0.3 is 15.5 Å². The van der Waals surface area contributed by atoms with E-state index >= 15 is 0 Å². The van der Waals surface area contributed by atoms with Crippen LogP contribution in [0.1, 0.15) is 367 Å². The summed E-state index contributed by atoms with van der Waals surface area (Å²) in [5.74, 6) is -0.0243. The predicted octanol–water partition coefficient (Wildman–Crippen LogP) is 21.4. The summed E-state index contributed by atoms with van der Waals surface area (Å²) in [5, 5.41) is 23.4. The van der Waals surface area contributed by atoms with Crippen LogP contribution in [-0.2, 0) is 4.79 Å². The highest BCUT2D eigenvalue weighted by atomic mass is 16.3. The van der Waals surface area contributed by atoms with Crippen molar-refractivity contribution in [2.75, 3.05) is 6.61 Å².